The minimum absolute atomic E-state index is 0.193. The van der Waals surface area contributed by atoms with Gasteiger partial charge in [-0.15, -0.1) is 0 Å². The summed E-state index contributed by atoms with van der Waals surface area (Å²) >= 11 is 11.8. The van der Waals surface area contributed by atoms with Crippen LogP contribution in [0.25, 0.3) is 0 Å². The molecule has 0 unspecified atom stereocenters. The minimum Gasteiger partial charge on any atom is -0.379 e. The van der Waals surface area contributed by atoms with E-state index < -0.39 is 42.1 Å². The molecule has 16 heteroatoms. The zero-order valence-electron chi connectivity index (χ0n) is 25.8. The fourth-order valence-corrected chi connectivity index (χ4v) is 7.25. The number of halogens is 2. The smallest absolute Gasteiger partial charge is 0.340 e. The van der Waals surface area contributed by atoms with Gasteiger partial charge >= 0.3 is 32.3 Å². The number of hydrogen-bond acceptors (Lipinski definition) is 8. The predicted octanol–water partition coefficient (Wildman–Crippen LogP) is 7.17. The third-order valence-electron chi connectivity index (χ3n) is 6.72. The Labute approximate surface area is 298 Å². The minimum atomic E-state index is -4.74. The van der Waals surface area contributed by atoms with Gasteiger partial charge in [0.15, 0.2) is 0 Å². The van der Waals surface area contributed by atoms with Gasteiger partial charge in [-0.25, -0.2) is 9.59 Å². The molecule has 4 N–H and O–H groups in total. The number of anilines is 2. The van der Waals surface area contributed by atoms with E-state index in [0.717, 1.165) is 23.3 Å². The van der Waals surface area contributed by atoms with Crippen molar-refractivity contribution in [3.63, 3.8) is 0 Å². The Hall–Kier alpha value is -5.28. The molecule has 5 aromatic rings. The van der Waals surface area contributed by atoms with E-state index in [4.69, 9.17) is 31.6 Å². The molecule has 0 atom stereocenters. The molecule has 12 nitrogen and oxygen atoms in total. The molecule has 0 saturated carbocycles. The summed E-state index contributed by atoms with van der Waals surface area (Å²) in [6.45, 7) is 0.421. The summed E-state index contributed by atoms with van der Waals surface area (Å²) in [5, 5.41) is 11.6. The van der Waals surface area contributed by atoms with Crippen molar-refractivity contribution in [3.05, 3.63) is 142 Å². The van der Waals surface area contributed by atoms with Crippen molar-refractivity contribution in [2.45, 2.75) is 22.9 Å². The molecule has 0 saturated heterocycles. The van der Waals surface area contributed by atoms with Crippen LogP contribution in [0.1, 0.15) is 11.1 Å². The fraction of sp³-hybridized carbons (Fsp3) is 0.0588. The van der Waals surface area contributed by atoms with Gasteiger partial charge in [-0.1, -0.05) is 71.7 Å². The number of amides is 4. The van der Waals surface area contributed by atoms with Crippen LogP contribution in [0.2, 0.25) is 10.0 Å². The Balaban J connectivity index is 1.24. The van der Waals surface area contributed by atoms with E-state index in [2.05, 4.69) is 21.3 Å². The van der Waals surface area contributed by atoms with Gasteiger partial charge in [0.2, 0.25) is 0 Å². The molecule has 0 aliphatic rings. The van der Waals surface area contributed by atoms with Crippen molar-refractivity contribution >= 4 is 66.9 Å². The van der Waals surface area contributed by atoms with Crippen LogP contribution in [-0.4, -0.2) is 28.9 Å². The summed E-state index contributed by atoms with van der Waals surface area (Å²) in [6.07, 6.45) is 0. The highest BCUT2D eigenvalue weighted by atomic mass is 35.5. The summed E-state index contributed by atoms with van der Waals surface area (Å²) in [4.78, 5) is 23.5. The maximum absolute atomic E-state index is 13.4. The lowest BCUT2D eigenvalue weighted by Crippen LogP contribution is -2.28. The highest BCUT2D eigenvalue weighted by Gasteiger charge is 2.30. The Kier molecular flexibility index (Phi) is 11.5. The number of carbonyl (C=O) groups is 2. The molecule has 5 rings (SSSR count). The predicted molar refractivity (Wildman–Crippen MR) is 190 cm³/mol. The van der Waals surface area contributed by atoms with Crippen molar-refractivity contribution < 1.29 is 34.8 Å². The maximum atomic E-state index is 13.4. The first kappa shape index (κ1) is 36.0. The Morgan fingerprint density at radius 1 is 0.520 bits per heavy atom. The van der Waals surface area contributed by atoms with Crippen molar-refractivity contribution in [1.29, 1.82) is 0 Å². The molecular formula is C34H28Cl2N4O8S2. The second kappa shape index (κ2) is 16.0. The molecule has 0 aromatic heterocycles. The average molecular weight is 756 g/mol. The number of nitrogens with one attached hydrogen (secondary N) is 4. The SMILES string of the molecule is O=C(NCc1ccc(Cl)cc1)Nc1cccc(OS(=O)(=O)c2ccccc2S(=O)(=O)Oc2cccc(NC(=O)NCc3ccc(Cl)cc3)c2)c1. The highest BCUT2D eigenvalue weighted by molar-refractivity contribution is 7.90. The summed E-state index contributed by atoms with van der Waals surface area (Å²) in [7, 11) is -9.48. The largest absolute Gasteiger partial charge is 0.379 e. The summed E-state index contributed by atoms with van der Waals surface area (Å²) in [5.41, 5.74) is 2.04. The molecule has 0 aliphatic heterocycles. The van der Waals surface area contributed by atoms with E-state index in [1.165, 1.54) is 60.7 Å². The molecule has 0 fully saturated rings. The maximum Gasteiger partial charge on any atom is 0.340 e. The normalized spacial score (nSPS) is 11.2. The van der Waals surface area contributed by atoms with Crippen LogP contribution in [-0.2, 0) is 33.3 Å². The molecule has 0 aliphatic carbocycles. The Morgan fingerprint density at radius 3 is 1.28 bits per heavy atom. The van der Waals surface area contributed by atoms with E-state index in [0.29, 0.717) is 10.0 Å². The number of carbonyl (C=O) groups excluding carboxylic acids is 2. The summed E-state index contributed by atoms with van der Waals surface area (Å²) in [5.74, 6) is -0.386. The molecule has 0 spiro atoms. The van der Waals surface area contributed by atoms with Crippen molar-refractivity contribution in [1.82, 2.24) is 10.6 Å². The van der Waals surface area contributed by atoms with Crippen LogP contribution in [0.15, 0.2) is 131 Å². The van der Waals surface area contributed by atoms with Gasteiger partial charge in [0, 0.05) is 46.6 Å². The van der Waals surface area contributed by atoms with Gasteiger partial charge < -0.3 is 29.6 Å². The highest BCUT2D eigenvalue weighted by Crippen LogP contribution is 2.29. The van der Waals surface area contributed by atoms with Crippen molar-refractivity contribution in [2.24, 2.45) is 0 Å². The van der Waals surface area contributed by atoms with Crippen LogP contribution in [0.5, 0.6) is 11.5 Å². The average Bonchev–Trinajstić information content (AvgIpc) is 3.08. The third kappa shape index (κ3) is 10.1. The van der Waals surface area contributed by atoms with E-state index in [-0.39, 0.29) is 36.0 Å². The zero-order chi connectivity index (χ0) is 35.7. The summed E-state index contributed by atoms with van der Waals surface area (Å²) < 4.78 is 64.1. The molecule has 258 valence electrons. The van der Waals surface area contributed by atoms with Crippen LogP contribution in [0.3, 0.4) is 0 Å². The first-order chi connectivity index (χ1) is 23.9. The second-order valence-corrected chi connectivity index (χ2v) is 14.3. The van der Waals surface area contributed by atoms with E-state index >= 15 is 0 Å². The monoisotopic (exact) mass is 754 g/mol. The summed E-state index contributed by atoms with van der Waals surface area (Å²) in [6, 6.07) is 28.5. The Bertz CT molecular complexity index is 2060. The van der Waals surface area contributed by atoms with Crippen LogP contribution in [0.4, 0.5) is 21.0 Å². The van der Waals surface area contributed by atoms with Crippen LogP contribution in [0, 0.1) is 0 Å². The standard InChI is InChI=1S/C34H28Cl2N4O8S2/c35-25-15-11-23(12-16-25)21-37-33(41)39-27-5-3-7-29(19-27)47-49(43,44)31-9-1-2-10-32(31)50(45,46)48-30-8-4-6-28(20-30)40-34(42)38-22-24-13-17-26(36)18-14-24/h1-20H,21-22H2,(H2,37,39,41)(H2,38,40,42). The lowest BCUT2D eigenvalue weighted by atomic mass is 10.2. The van der Waals surface area contributed by atoms with Gasteiger partial charge in [-0.3, -0.25) is 0 Å². The lowest BCUT2D eigenvalue weighted by Gasteiger charge is -2.14. The van der Waals surface area contributed by atoms with Gasteiger partial charge in [-0.05, 0) is 71.8 Å². The molecular weight excluding hydrogens is 727 g/mol. The van der Waals surface area contributed by atoms with E-state index in [9.17, 15) is 26.4 Å². The number of benzene rings is 5. The van der Waals surface area contributed by atoms with Crippen molar-refractivity contribution in [2.75, 3.05) is 10.6 Å². The lowest BCUT2D eigenvalue weighted by molar-refractivity contribution is 0.251. The van der Waals surface area contributed by atoms with Gasteiger partial charge in [0.1, 0.15) is 21.3 Å². The molecule has 0 heterocycles. The third-order valence-corrected chi connectivity index (χ3v) is 9.96. The number of rotatable bonds is 12. The van der Waals surface area contributed by atoms with Gasteiger partial charge in [-0.2, -0.15) is 16.8 Å². The number of urea groups is 2. The van der Waals surface area contributed by atoms with Gasteiger partial charge in [0.05, 0.1) is 0 Å². The molecule has 5 aromatic carbocycles. The molecule has 0 bridgehead atoms. The van der Waals surface area contributed by atoms with E-state index in [1.54, 1.807) is 48.5 Å². The molecule has 50 heavy (non-hydrogen) atoms. The van der Waals surface area contributed by atoms with Crippen molar-refractivity contribution in [3.8, 4) is 11.5 Å². The topological polar surface area (TPSA) is 169 Å². The molecule has 0 radical (unpaired) electrons. The quantitative estimate of drug-likeness (QED) is 0.0972. The first-order valence-corrected chi connectivity index (χ1v) is 18.2. The van der Waals surface area contributed by atoms with Gasteiger partial charge in [0.25, 0.3) is 0 Å². The first-order valence-electron chi connectivity index (χ1n) is 14.6. The molecule has 4 amide bonds. The fourth-order valence-electron chi connectivity index (χ4n) is 4.38. The second-order valence-electron chi connectivity index (χ2n) is 10.4. The Morgan fingerprint density at radius 2 is 0.900 bits per heavy atom. The number of hydrogen-bond donors (Lipinski definition) is 4. The van der Waals surface area contributed by atoms with E-state index in [1.807, 2.05) is 0 Å². The van der Waals surface area contributed by atoms with Crippen LogP contribution < -0.4 is 29.6 Å². The zero-order valence-corrected chi connectivity index (χ0v) is 28.9. The van der Waals surface area contributed by atoms with Crippen LogP contribution >= 0.6 is 23.2 Å².